The normalized spacial score (nSPS) is 12.6. The van der Waals surface area contributed by atoms with E-state index >= 15 is 0 Å². The van der Waals surface area contributed by atoms with E-state index in [0.29, 0.717) is 5.69 Å². The molecule has 0 radical (unpaired) electrons. The molecule has 44 heavy (non-hydrogen) atoms. The molecule has 4 aromatic carbocycles. The summed E-state index contributed by atoms with van der Waals surface area (Å²) in [5.74, 6) is -0.762. The number of carbonyl (C=O) groups excluding carboxylic acids is 2. The third kappa shape index (κ3) is 8.35. The summed E-state index contributed by atoms with van der Waals surface area (Å²) in [5.41, 5.74) is 3.88. The summed E-state index contributed by atoms with van der Waals surface area (Å²) in [7, 11) is -4.13. The fraction of sp³-hybridized carbons (Fsp3) is 0.278. The van der Waals surface area contributed by atoms with Crippen molar-refractivity contribution in [2.24, 2.45) is 0 Å². The summed E-state index contributed by atoms with van der Waals surface area (Å²) in [6.45, 7) is 7.33. The first-order valence-corrected chi connectivity index (χ1v) is 16.4. The zero-order valence-corrected chi connectivity index (χ0v) is 26.6. The Morgan fingerprint density at radius 2 is 1.39 bits per heavy atom. The Kier molecular flexibility index (Phi) is 11.0. The Hall–Kier alpha value is -4.43. The number of carbonyl (C=O) groups is 2. The Balaban J connectivity index is 1.79. The monoisotopic (exact) mass is 611 g/mol. The molecule has 0 aliphatic rings. The molecule has 0 saturated heterocycles. The molecule has 8 heteroatoms. The van der Waals surface area contributed by atoms with Gasteiger partial charge < -0.3 is 10.2 Å². The second-order valence-electron chi connectivity index (χ2n) is 11.2. The molecule has 0 aromatic heterocycles. The van der Waals surface area contributed by atoms with Crippen molar-refractivity contribution in [3.8, 4) is 0 Å². The summed E-state index contributed by atoms with van der Waals surface area (Å²) in [6, 6.07) is 31.7. The molecule has 230 valence electrons. The predicted molar refractivity (Wildman–Crippen MR) is 176 cm³/mol. The van der Waals surface area contributed by atoms with Gasteiger partial charge >= 0.3 is 0 Å². The van der Waals surface area contributed by atoms with E-state index in [1.807, 2.05) is 94.4 Å². The maximum atomic E-state index is 14.5. The number of hydrogen-bond acceptors (Lipinski definition) is 4. The number of nitrogens with one attached hydrogen (secondary N) is 1. The van der Waals surface area contributed by atoms with Gasteiger partial charge in [0.15, 0.2) is 0 Å². The Morgan fingerprint density at radius 1 is 0.773 bits per heavy atom. The van der Waals surface area contributed by atoms with Crippen LogP contribution in [0.3, 0.4) is 0 Å². The van der Waals surface area contributed by atoms with Gasteiger partial charge in [-0.15, -0.1) is 0 Å². The Morgan fingerprint density at radius 3 is 1.98 bits per heavy atom. The summed E-state index contributed by atoms with van der Waals surface area (Å²) in [4.78, 5) is 30.0. The van der Waals surface area contributed by atoms with Crippen molar-refractivity contribution in [2.75, 3.05) is 10.8 Å². The molecule has 0 aliphatic heterocycles. The molecule has 4 aromatic rings. The van der Waals surface area contributed by atoms with Gasteiger partial charge in [-0.25, -0.2) is 8.42 Å². The number of sulfonamides is 1. The van der Waals surface area contributed by atoms with Crippen molar-refractivity contribution < 1.29 is 18.0 Å². The SMILES string of the molecule is CC[C@@H](C)NC(=O)[C@@H](Cc1ccccc1)N(Cc1ccccc1)C(=O)CN(c1cccc(C)c1)S(=O)(=O)c1ccc(C)cc1. The van der Waals surface area contributed by atoms with Crippen LogP contribution in [0.25, 0.3) is 0 Å². The molecule has 0 heterocycles. The lowest BCUT2D eigenvalue weighted by molar-refractivity contribution is -0.140. The van der Waals surface area contributed by atoms with Gasteiger partial charge in [0, 0.05) is 19.0 Å². The molecule has 0 bridgehead atoms. The number of nitrogens with zero attached hydrogens (tertiary/aromatic N) is 2. The standard InChI is InChI=1S/C36H41N3O4S/c1-5-29(4)37-36(41)34(24-30-14-8-6-9-15-30)38(25-31-16-10-7-11-17-31)35(40)26-39(32-18-12-13-28(3)23-32)44(42,43)33-21-19-27(2)20-22-33/h6-23,29,34H,5,24-26H2,1-4H3,(H,37,41)/t29-,34-/m1/s1. The molecule has 0 spiro atoms. The van der Waals surface area contributed by atoms with Gasteiger partial charge in [0.2, 0.25) is 11.8 Å². The molecule has 0 aliphatic carbocycles. The van der Waals surface area contributed by atoms with E-state index in [-0.39, 0.29) is 29.8 Å². The fourth-order valence-corrected chi connectivity index (χ4v) is 6.33. The van der Waals surface area contributed by atoms with Crippen LogP contribution >= 0.6 is 0 Å². The number of hydrogen-bond donors (Lipinski definition) is 1. The Labute approximate surface area is 261 Å². The van der Waals surface area contributed by atoms with Gasteiger partial charge in [-0.2, -0.15) is 0 Å². The number of amides is 2. The lowest BCUT2D eigenvalue weighted by atomic mass is 10.0. The van der Waals surface area contributed by atoms with Crippen LogP contribution in [0.1, 0.15) is 42.5 Å². The molecular weight excluding hydrogens is 570 g/mol. The molecule has 0 fully saturated rings. The first-order valence-electron chi connectivity index (χ1n) is 14.9. The average molecular weight is 612 g/mol. The van der Waals surface area contributed by atoms with Crippen LogP contribution < -0.4 is 9.62 Å². The highest BCUT2D eigenvalue weighted by Gasteiger charge is 2.35. The highest BCUT2D eigenvalue weighted by Crippen LogP contribution is 2.26. The van der Waals surface area contributed by atoms with E-state index in [0.717, 1.165) is 33.0 Å². The van der Waals surface area contributed by atoms with E-state index in [4.69, 9.17) is 0 Å². The van der Waals surface area contributed by atoms with Crippen LogP contribution in [0.4, 0.5) is 5.69 Å². The second kappa shape index (κ2) is 14.8. The summed E-state index contributed by atoms with van der Waals surface area (Å²) < 4.78 is 29.4. The van der Waals surface area contributed by atoms with Crippen LogP contribution in [0, 0.1) is 13.8 Å². The highest BCUT2D eigenvalue weighted by molar-refractivity contribution is 7.92. The van der Waals surface area contributed by atoms with Crippen LogP contribution in [-0.2, 0) is 32.6 Å². The lowest BCUT2D eigenvalue weighted by Crippen LogP contribution is -2.54. The summed E-state index contributed by atoms with van der Waals surface area (Å²) in [5, 5.41) is 3.06. The third-order valence-electron chi connectivity index (χ3n) is 7.65. The molecule has 1 N–H and O–H groups in total. The minimum atomic E-state index is -4.13. The van der Waals surface area contributed by atoms with E-state index in [2.05, 4.69) is 5.32 Å². The van der Waals surface area contributed by atoms with Gasteiger partial charge in [-0.1, -0.05) is 97.4 Å². The van der Waals surface area contributed by atoms with Gasteiger partial charge in [0.25, 0.3) is 10.0 Å². The van der Waals surface area contributed by atoms with E-state index in [9.17, 15) is 18.0 Å². The molecule has 7 nitrogen and oxygen atoms in total. The van der Waals surface area contributed by atoms with E-state index in [1.54, 1.807) is 42.5 Å². The number of anilines is 1. The second-order valence-corrected chi connectivity index (χ2v) is 13.1. The highest BCUT2D eigenvalue weighted by atomic mass is 32.2. The Bertz CT molecular complexity index is 1640. The summed E-state index contributed by atoms with van der Waals surface area (Å²) in [6.07, 6.45) is 1.00. The number of aryl methyl sites for hydroxylation is 2. The van der Waals surface area contributed by atoms with Crippen molar-refractivity contribution in [2.45, 2.75) is 64.1 Å². The van der Waals surface area contributed by atoms with Gasteiger partial charge in [0.05, 0.1) is 10.6 Å². The van der Waals surface area contributed by atoms with Crippen LogP contribution in [0.2, 0.25) is 0 Å². The topological polar surface area (TPSA) is 86.8 Å². The lowest BCUT2D eigenvalue weighted by Gasteiger charge is -2.34. The van der Waals surface area contributed by atoms with Crippen LogP contribution in [0.15, 0.2) is 114 Å². The maximum Gasteiger partial charge on any atom is 0.264 e. The third-order valence-corrected chi connectivity index (χ3v) is 9.43. The number of rotatable bonds is 13. The summed E-state index contributed by atoms with van der Waals surface area (Å²) >= 11 is 0. The molecular formula is C36H41N3O4S. The largest absolute Gasteiger partial charge is 0.352 e. The maximum absolute atomic E-state index is 14.5. The molecule has 2 atom stereocenters. The van der Waals surface area contributed by atoms with Crippen molar-refractivity contribution >= 4 is 27.5 Å². The smallest absolute Gasteiger partial charge is 0.264 e. The van der Waals surface area contributed by atoms with Crippen molar-refractivity contribution in [3.05, 3.63) is 131 Å². The van der Waals surface area contributed by atoms with Crippen molar-refractivity contribution in [1.82, 2.24) is 10.2 Å². The minimum Gasteiger partial charge on any atom is -0.352 e. The average Bonchev–Trinajstić information content (AvgIpc) is 3.02. The van der Waals surface area contributed by atoms with Gasteiger partial charge in [0.1, 0.15) is 12.6 Å². The zero-order valence-electron chi connectivity index (χ0n) is 25.8. The van der Waals surface area contributed by atoms with Crippen LogP contribution in [0.5, 0.6) is 0 Å². The zero-order chi connectivity index (χ0) is 31.7. The van der Waals surface area contributed by atoms with Crippen molar-refractivity contribution in [3.63, 3.8) is 0 Å². The molecule has 2 amide bonds. The molecule has 0 unspecified atom stereocenters. The fourth-order valence-electron chi connectivity index (χ4n) is 4.92. The van der Waals surface area contributed by atoms with Crippen molar-refractivity contribution in [1.29, 1.82) is 0 Å². The van der Waals surface area contributed by atoms with Gasteiger partial charge in [-0.05, 0) is 68.1 Å². The minimum absolute atomic E-state index is 0.0855. The van der Waals surface area contributed by atoms with E-state index < -0.39 is 28.5 Å². The quantitative estimate of drug-likeness (QED) is 0.199. The molecule has 4 rings (SSSR count). The first-order chi connectivity index (χ1) is 21.1. The van der Waals surface area contributed by atoms with Crippen LogP contribution in [-0.4, -0.2) is 43.8 Å². The van der Waals surface area contributed by atoms with Gasteiger partial charge in [-0.3, -0.25) is 13.9 Å². The predicted octanol–water partition coefficient (Wildman–Crippen LogP) is 6.05. The van der Waals surface area contributed by atoms with E-state index in [1.165, 1.54) is 4.90 Å². The first kappa shape index (κ1) is 32.5. The number of benzene rings is 4. The molecule has 0 saturated carbocycles.